The Kier molecular flexibility index (Phi) is 4.42. The van der Waals surface area contributed by atoms with Gasteiger partial charge >= 0.3 is 0 Å². The maximum atomic E-state index is 5.45. The van der Waals surface area contributed by atoms with Gasteiger partial charge in [0, 0.05) is 19.1 Å². The highest BCUT2D eigenvalue weighted by Crippen LogP contribution is 2.18. The van der Waals surface area contributed by atoms with Crippen molar-refractivity contribution < 1.29 is 0 Å². The molecule has 0 aliphatic carbocycles. The number of fused-ring (bicyclic) bond motifs is 1. The van der Waals surface area contributed by atoms with Crippen molar-refractivity contribution in [2.45, 2.75) is 39.8 Å². The molecule has 104 valence electrons. The third-order valence-corrected chi connectivity index (χ3v) is 4.34. The average Bonchev–Trinajstić information content (AvgIpc) is 2.72. The molecule has 2 rings (SSSR count). The highest BCUT2D eigenvalue weighted by Gasteiger charge is 2.10. The molecule has 0 aliphatic rings. The number of nitrogens with zero attached hydrogens (tertiary/aromatic N) is 2. The Bertz CT molecular complexity index is 611. The molecule has 1 heterocycles. The fraction of sp³-hybridized carbons (Fsp3) is 0.533. The molecule has 0 spiro atoms. The van der Waals surface area contributed by atoms with Crippen LogP contribution in [0.4, 0.5) is 0 Å². The molecule has 19 heavy (non-hydrogen) atoms. The molecule has 4 heteroatoms. The fourth-order valence-corrected chi connectivity index (χ4v) is 2.70. The van der Waals surface area contributed by atoms with E-state index in [0.717, 1.165) is 23.4 Å². The van der Waals surface area contributed by atoms with Crippen molar-refractivity contribution in [1.29, 1.82) is 0 Å². The Balaban J connectivity index is 2.26. The lowest BCUT2D eigenvalue weighted by Crippen LogP contribution is -2.31. The summed E-state index contributed by atoms with van der Waals surface area (Å²) in [6.07, 6.45) is 1.18. The summed E-state index contributed by atoms with van der Waals surface area (Å²) < 4.78 is 3.04. The predicted octanol–water partition coefficient (Wildman–Crippen LogP) is 3.74. The minimum atomic E-state index is 0.612. The molecule has 0 bridgehead atoms. The van der Waals surface area contributed by atoms with E-state index in [-0.39, 0.29) is 0 Å². The lowest BCUT2D eigenvalue weighted by molar-refractivity contribution is 0.243. The van der Waals surface area contributed by atoms with Crippen molar-refractivity contribution in [3.05, 3.63) is 28.5 Å². The Morgan fingerprint density at radius 2 is 2.16 bits per heavy atom. The van der Waals surface area contributed by atoms with E-state index in [0.29, 0.717) is 6.04 Å². The zero-order valence-electron chi connectivity index (χ0n) is 12.2. The van der Waals surface area contributed by atoms with Crippen molar-refractivity contribution in [2.75, 3.05) is 13.6 Å². The summed E-state index contributed by atoms with van der Waals surface area (Å²) in [7, 11) is 2.18. The van der Waals surface area contributed by atoms with Gasteiger partial charge in [-0.1, -0.05) is 19.1 Å². The van der Waals surface area contributed by atoms with E-state index in [2.05, 4.69) is 60.5 Å². The van der Waals surface area contributed by atoms with Gasteiger partial charge in [0.05, 0.1) is 11.0 Å². The zero-order chi connectivity index (χ0) is 14.0. The van der Waals surface area contributed by atoms with Crippen LogP contribution in [0.25, 0.3) is 11.0 Å². The van der Waals surface area contributed by atoms with Gasteiger partial charge in [-0.25, -0.2) is 0 Å². The van der Waals surface area contributed by atoms with E-state index in [1.54, 1.807) is 0 Å². The van der Waals surface area contributed by atoms with Crippen LogP contribution in [0, 0.1) is 11.7 Å². The minimum Gasteiger partial charge on any atom is -0.331 e. The third-order valence-electron chi connectivity index (χ3n) is 4.01. The summed E-state index contributed by atoms with van der Waals surface area (Å²) in [5.41, 5.74) is 3.65. The molecular weight excluding hydrogens is 254 g/mol. The molecule has 1 unspecified atom stereocenters. The number of likely N-dealkylation sites (N-methyl/N-ethyl adjacent to an activating group) is 1. The number of benzene rings is 1. The van der Waals surface area contributed by atoms with Gasteiger partial charge in [0.1, 0.15) is 0 Å². The maximum absolute atomic E-state index is 5.45. The van der Waals surface area contributed by atoms with Gasteiger partial charge in [0.2, 0.25) is 0 Å². The van der Waals surface area contributed by atoms with Crippen molar-refractivity contribution in [3.63, 3.8) is 0 Å². The molecule has 0 amide bonds. The molecule has 0 fully saturated rings. The normalized spacial score (nSPS) is 13.3. The molecule has 1 N–H and O–H groups in total. The number of aromatic amines is 1. The van der Waals surface area contributed by atoms with Crippen molar-refractivity contribution in [2.24, 2.45) is 0 Å². The van der Waals surface area contributed by atoms with E-state index in [1.807, 2.05) is 0 Å². The van der Waals surface area contributed by atoms with Crippen LogP contribution in [0.15, 0.2) is 18.2 Å². The van der Waals surface area contributed by atoms with Crippen LogP contribution in [0.5, 0.6) is 0 Å². The lowest BCUT2D eigenvalue weighted by Gasteiger charge is -2.23. The molecule has 1 aromatic carbocycles. The molecule has 0 radical (unpaired) electrons. The van der Waals surface area contributed by atoms with Gasteiger partial charge < -0.3 is 14.5 Å². The van der Waals surface area contributed by atoms with E-state index in [1.165, 1.54) is 17.5 Å². The zero-order valence-corrected chi connectivity index (χ0v) is 13.0. The highest BCUT2D eigenvalue weighted by molar-refractivity contribution is 7.71. The van der Waals surface area contributed by atoms with Gasteiger partial charge in [-0.2, -0.15) is 0 Å². The SMILES string of the molecule is CCC(C)N(C)CCn1c(=S)[nH]c2cccc(C)c21. The second-order valence-electron chi connectivity index (χ2n) is 5.29. The number of imidazole rings is 1. The molecule has 3 nitrogen and oxygen atoms in total. The fourth-order valence-electron chi connectivity index (χ4n) is 2.41. The van der Waals surface area contributed by atoms with Gasteiger partial charge in [-0.15, -0.1) is 0 Å². The van der Waals surface area contributed by atoms with Gasteiger partial charge in [0.25, 0.3) is 0 Å². The van der Waals surface area contributed by atoms with Crippen LogP contribution in [-0.2, 0) is 6.54 Å². The molecule has 0 saturated carbocycles. The number of aromatic nitrogens is 2. The molecule has 1 atom stereocenters. The van der Waals surface area contributed by atoms with Gasteiger partial charge in [-0.3, -0.25) is 0 Å². The number of hydrogen-bond acceptors (Lipinski definition) is 2. The van der Waals surface area contributed by atoms with Gasteiger partial charge in [-0.05, 0) is 51.2 Å². The number of aryl methyl sites for hydroxylation is 1. The van der Waals surface area contributed by atoms with E-state index < -0.39 is 0 Å². The van der Waals surface area contributed by atoms with Crippen molar-refractivity contribution >= 4 is 23.3 Å². The number of H-pyrrole nitrogens is 1. The van der Waals surface area contributed by atoms with Crippen LogP contribution >= 0.6 is 12.2 Å². The Labute approximate surface area is 120 Å². The molecular formula is C15H23N3S. The van der Waals surface area contributed by atoms with Crippen LogP contribution in [0.3, 0.4) is 0 Å². The topological polar surface area (TPSA) is 24.0 Å². The Morgan fingerprint density at radius 1 is 1.42 bits per heavy atom. The van der Waals surface area contributed by atoms with Crippen LogP contribution in [0.2, 0.25) is 0 Å². The predicted molar refractivity (Wildman–Crippen MR) is 84.2 cm³/mol. The second-order valence-corrected chi connectivity index (χ2v) is 5.68. The summed E-state index contributed by atoms with van der Waals surface area (Å²) in [6, 6.07) is 6.91. The number of rotatable bonds is 5. The first-order chi connectivity index (χ1) is 9.04. The molecule has 0 aliphatic heterocycles. The second kappa shape index (κ2) is 5.88. The first-order valence-corrected chi connectivity index (χ1v) is 7.33. The average molecular weight is 277 g/mol. The van der Waals surface area contributed by atoms with Crippen LogP contribution in [0.1, 0.15) is 25.8 Å². The largest absolute Gasteiger partial charge is 0.331 e. The summed E-state index contributed by atoms with van der Waals surface area (Å²) >= 11 is 5.45. The Hall–Kier alpha value is -1.13. The number of nitrogens with one attached hydrogen (secondary N) is 1. The van der Waals surface area contributed by atoms with Crippen LogP contribution in [-0.4, -0.2) is 34.1 Å². The van der Waals surface area contributed by atoms with Crippen molar-refractivity contribution in [1.82, 2.24) is 14.5 Å². The van der Waals surface area contributed by atoms with Crippen molar-refractivity contribution in [3.8, 4) is 0 Å². The monoisotopic (exact) mass is 277 g/mol. The maximum Gasteiger partial charge on any atom is 0.178 e. The summed E-state index contributed by atoms with van der Waals surface area (Å²) in [5.74, 6) is 0. The van der Waals surface area contributed by atoms with Gasteiger partial charge in [0.15, 0.2) is 4.77 Å². The molecule has 1 aromatic heterocycles. The summed E-state index contributed by atoms with van der Waals surface area (Å²) in [4.78, 5) is 5.68. The lowest BCUT2D eigenvalue weighted by atomic mass is 10.2. The van der Waals surface area contributed by atoms with Crippen LogP contribution < -0.4 is 0 Å². The standard InChI is InChI=1S/C15H23N3S/c1-5-12(3)17(4)9-10-18-14-11(2)7-6-8-13(14)16-15(18)19/h6-8,12H,5,9-10H2,1-4H3,(H,16,19). The van der Waals surface area contributed by atoms with E-state index >= 15 is 0 Å². The van der Waals surface area contributed by atoms with E-state index in [4.69, 9.17) is 12.2 Å². The smallest absolute Gasteiger partial charge is 0.178 e. The van der Waals surface area contributed by atoms with E-state index in [9.17, 15) is 0 Å². The molecule has 2 aromatic rings. The number of hydrogen-bond donors (Lipinski definition) is 1. The first kappa shape index (κ1) is 14.3. The summed E-state index contributed by atoms with van der Waals surface area (Å²) in [6.45, 7) is 8.58. The Morgan fingerprint density at radius 3 is 2.84 bits per heavy atom. The quantitative estimate of drug-likeness (QED) is 0.842. The number of para-hydroxylation sites is 1. The molecule has 0 saturated heterocycles. The highest BCUT2D eigenvalue weighted by atomic mass is 32.1. The minimum absolute atomic E-state index is 0.612. The third kappa shape index (κ3) is 2.90. The first-order valence-electron chi connectivity index (χ1n) is 6.93. The summed E-state index contributed by atoms with van der Waals surface area (Å²) in [5, 5.41) is 0.